The molecule has 5 heteroatoms. The quantitative estimate of drug-likeness (QED) is 0.856. The number of benzene rings is 1. The SMILES string of the molecule is NCCn1cc(Oc2ccccc2F)cn1. The van der Waals surface area contributed by atoms with Gasteiger partial charge in [0.25, 0.3) is 0 Å². The molecule has 0 unspecified atom stereocenters. The highest BCUT2D eigenvalue weighted by atomic mass is 19.1. The Hall–Kier alpha value is -1.88. The third-order valence-electron chi connectivity index (χ3n) is 2.03. The summed E-state index contributed by atoms with van der Waals surface area (Å²) in [6.45, 7) is 1.11. The molecule has 0 aliphatic heterocycles. The lowest BCUT2D eigenvalue weighted by Crippen LogP contribution is -2.09. The summed E-state index contributed by atoms with van der Waals surface area (Å²) in [5.41, 5.74) is 5.38. The van der Waals surface area contributed by atoms with Crippen molar-refractivity contribution < 1.29 is 9.13 Å². The van der Waals surface area contributed by atoms with Crippen LogP contribution in [0.5, 0.6) is 11.5 Å². The van der Waals surface area contributed by atoms with Crippen molar-refractivity contribution in [3.8, 4) is 11.5 Å². The van der Waals surface area contributed by atoms with Crippen molar-refractivity contribution in [3.63, 3.8) is 0 Å². The highest BCUT2D eigenvalue weighted by Gasteiger charge is 2.04. The maximum Gasteiger partial charge on any atom is 0.165 e. The van der Waals surface area contributed by atoms with Crippen molar-refractivity contribution >= 4 is 0 Å². The van der Waals surface area contributed by atoms with Gasteiger partial charge in [0.15, 0.2) is 17.3 Å². The summed E-state index contributed by atoms with van der Waals surface area (Å²) in [5.74, 6) is 0.294. The fraction of sp³-hybridized carbons (Fsp3) is 0.182. The molecule has 2 N–H and O–H groups in total. The molecule has 1 aromatic carbocycles. The Morgan fingerprint density at radius 2 is 2.19 bits per heavy atom. The second-order valence-electron chi connectivity index (χ2n) is 3.26. The van der Waals surface area contributed by atoms with Crippen LogP contribution in [0.15, 0.2) is 36.7 Å². The Balaban J connectivity index is 2.11. The molecule has 0 spiro atoms. The summed E-state index contributed by atoms with van der Waals surface area (Å²) >= 11 is 0. The summed E-state index contributed by atoms with van der Waals surface area (Å²) in [7, 11) is 0. The van der Waals surface area contributed by atoms with Crippen molar-refractivity contribution in [2.45, 2.75) is 6.54 Å². The number of hydrogen-bond acceptors (Lipinski definition) is 3. The van der Waals surface area contributed by atoms with Gasteiger partial charge in [0.05, 0.1) is 18.9 Å². The van der Waals surface area contributed by atoms with Gasteiger partial charge in [-0.25, -0.2) is 4.39 Å². The molecule has 0 atom stereocenters. The van der Waals surface area contributed by atoms with Gasteiger partial charge in [-0.05, 0) is 12.1 Å². The summed E-state index contributed by atoms with van der Waals surface area (Å²) in [4.78, 5) is 0. The minimum atomic E-state index is -0.394. The Labute approximate surface area is 92.4 Å². The van der Waals surface area contributed by atoms with Crippen molar-refractivity contribution in [2.24, 2.45) is 5.73 Å². The lowest BCUT2D eigenvalue weighted by molar-refractivity contribution is 0.441. The van der Waals surface area contributed by atoms with E-state index in [1.807, 2.05) is 0 Å². The highest BCUT2D eigenvalue weighted by Crippen LogP contribution is 2.23. The second kappa shape index (κ2) is 4.76. The first kappa shape index (κ1) is 10.6. The zero-order valence-corrected chi connectivity index (χ0v) is 8.64. The van der Waals surface area contributed by atoms with Crippen LogP contribution in [0.4, 0.5) is 4.39 Å². The Morgan fingerprint density at radius 3 is 2.94 bits per heavy atom. The maximum absolute atomic E-state index is 13.3. The predicted octanol–water partition coefficient (Wildman–Crippen LogP) is 1.77. The van der Waals surface area contributed by atoms with Gasteiger partial charge in [0.1, 0.15) is 0 Å². The molecule has 0 radical (unpaired) electrons. The van der Waals surface area contributed by atoms with Crippen molar-refractivity contribution in [1.29, 1.82) is 0 Å². The van der Waals surface area contributed by atoms with Crippen LogP contribution in [0, 0.1) is 5.82 Å². The van der Waals surface area contributed by atoms with E-state index in [1.165, 1.54) is 12.3 Å². The van der Waals surface area contributed by atoms with E-state index in [2.05, 4.69) is 5.10 Å². The summed E-state index contributed by atoms with van der Waals surface area (Å²) < 4.78 is 20.2. The average Bonchev–Trinajstić information content (AvgIpc) is 2.70. The van der Waals surface area contributed by atoms with Crippen LogP contribution in [-0.2, 0) is 6.54 Å². The van der Waals surface area contributed by atoms with E-state index >= 15 is 0 Å². The van der Waals surface area contributed by atoms with Gasteiger partial charge >= 0.3 is 0 Å². The number of nitrogens with zero attached hydrogens (tertiary/aromatic N) is 2. The van der Waals surface area contributed by atoms with Crippen LogP contribution in [-0.4, -0.2) is 16.3 Å². The average molecular weight is 221 g/mol. The normalized spacial score (nSPS) is 10.4. The van der Waals surface area contributed by atoms with Crippen LogP contribution in [0.1, 0.15) is 0 Å². The third-order valence-corrected chi connectivity index (χ3v) is 2.03. The van der Waals surface area contributed by atoms with Crippen molar-refractivity contribution in [3.05, 3.63) is 42.5 Å². The van der Waals surface area contributed by atoms with Gasteiger partial charge in [-0.15, -0.1) is 0 Å². The van der Waals surface area contributed by atoms with Gasteiger partial charge in [-0.1, -0.05) is 12.1 Å². The number of nitrogens with two attached hydrogens (primary N) is 1. The Kier molecular flexibility index (Phi) is 3.16. The molecule has 4 nitrogen and oxygen atoms in total. The van der Waals surface area contributed by atoms with Crippen molar-refractivity contribution in [2.75, 3.05) is 6.54 Å². The second-order valence-corrected chi connectivity index (χ2v) is 3.26. The number of aromatic nitrogens is 2. The van der Waals surface area contributed by atoms with E-state index in [4.69, 9.17) is 10.5 Å². The topological polar surface area (TPSA) is 53.1 Å². The summed E-state index contributed by atoms with van der Waals surface area (Å²) in [6.07, 6.45) is 3.21. The highest BCUT2D eigenvalue weighted by molar-refractivity contribution is 5.29. The molecule has 0 saturated heterocycles. The molecule has 0 aliphatic carbocycles. The first-order valence-electron chi connectivity index (χ1n) is 4.94. The lowest BCUT2D eigenvalue weighted by atomic mass is 10.3. The predicted molar refractivity (Wildman–Crippen MR) is 57.8 cm³/mol. The molecule has 84 valence electrons. The number of halogens is 1. The van der Waals surface area contributed by atoms with Crippen LogP contribution in [0.3, 0.4) is 0 Å². The fourth-order valence-electron chi connectivity index (χ4n) is 1.31. The standard InChI is InChI=1S/C11H12FN3O/c12-10-3-1-2-4-11(10)16-9-7-14-15(8-9)6-5-13/h1-4,7-8H,5-6,13H2. The van der Waals surface area contributed by atoms with E-state index < -0.39 is 5.82 Å². The maximum atomic E-state index is 13.3. The number of rotatable bonds is 4. The van der Waals surface area contributed by atoms with Crippen LogP contribution >= 0.6 is 0 Å². The zero-order valence-electron chi connectivity index (χ0n) is 8.64. The number of ether oxygens (including phenoxy) is 1. The molecule has 0 bridgehead atoms. The number of para-hydroxylation sites is 1. The zero-order chi connectivity index (χ0) is 11.4. The van der Waals surface area contributed by atoms with Gasteiger partial charge in [0, 0.05) is 6.54 Å². The molecule has 0 saturated carbocycles. The first-order chi connectivity index (χ1) is 7.79. The molecule has 2 rings (SSSR count). The minimum absolute atomic E-state index is 0.190. The number of hydrogen-bond donors (Lipinski definition) is 1. The lowest BCUT2D eigenvalue weighted by Gasteiger charge is -2.02. The molecule has 16 heavy (non-hydrogen) atoms. The largest absolute Gasteiger partial charge is 0.451 e. The Morgan fingerprint density at radius 1 is 1.38 bits per heavy atom. The van der Waals surface area contributed by atoms with E-state index in [9.17, 15) is 4.39 Å². The van der Waals surface area contributed by atoms with Gasteiger partial charge < -0.3 is 10.5 Å². The van der Waals surface area contributed by atoms with E-state index in [-0.39, 0.29) is 5.75 Å². The van der Waals surface area contributed by atoms with Gasteiger partial charge in [-0.3, -0.25) is 4.68 Å². The monoisotopic (exact) mass is 221 g/mol. The smallest absolute Gasteiger partial charge is 0.165 e. The summed E-state index contributed by atoms with van der Waals surface area (Å²) in [6, 6.07) is 6.23. The first-order valence-corrected chi connectivity index (χ1v) is 4.94. The molecule has 2 aromatic rings. The molecule has 0 amide bonds. The molecular weight excluding hydrogens is 209 g/mol. The van der Waals surface area contributed by atoms with Gasteiger partial charge in [-0.2, -0.15) is 5.10 Å². The van der Waals surface area contributed by atoms with Gasteiger partial charge in [0.2, 0.25) is 0 Å². The van der Waals surface area contributed by atoms with Crippen molar-refractivity contribution in [1.82, 2.24) is 9.78 Å². The fourth-order valence-corrected chi connectivity index (χ4v) is 1.31. The molecule has 1 heterocycles. The molecule has 0 fully saturated rings. The molecule has 0 aliphatic rings. The van der Waals surface area contributed by atoms with Crippen LogP contribution < -0.4 is 10.5 Å². The summed E-state index contributed by atoms with van der Waals surface area (Å²) in [5, 5.41) is 4.02. The Bertz CT molecular complexity index is 470. The van der Waals surface area contributed by atoms with E-state index in [0.717, 1.165) is 0 Å². The minimum Gasteiger partial charge on any atom is -0.451 e. The van der Waals surface area contributed by atoms with E-state index in [0.29, 0.717) is 18.8 Å². The third kappa shape index (κ3) is 2.38. The molecular formula is C11H12FN3O. The van der Waals surface area contributed by atoms with Crippen LogP contribution in [0.25, 0.3) is 0 Å². The van der Waals surface area contributed by atoms with Crippen LogP contribution in [0.2, 0.25) is 0 Å². The molecule has 1 aromatic heterocycles. The van der Waals surface area contributed by atoms with E-state index in [1.54, 1.807) is 29.1 Å².